The number of benzene rings is 2. The number of primary amides is 1. The number of likely N-dealkylation sites (tertiary alicyclic amines) is 1. The summed E-state index contributed by atoms with van der Waals surface area (Å²) in [5, 5.41) is 17.4. The summed E-state index contributed by atoms with van der Waals surface area (Å²) in [6, 6.07) is 11.9. The van der Waals surface area contributed by atoms with Crippen LogP contribution in [-0.4, -0.2) is 88.8 Å². The second kappa shape index (κ2) is 16.5. The maximum atomic E-state index is 13.4. The van der Waals surface area contributed by atoms with E-state index in [1.165, 1.54) is 28.8 Å². The van der Waals surface area contributed by atoms with Crippen molar-refractivity contribution >= 4 is 41.3 Å². The molecule has 3 rings (SSSR count). The maximum absolute atomic E-state index is 13.4. The van der Waals surface area contributed by atoms with E-state index in [0.29, 0.717) is 31.6 Å². The SMILES string of the molecule is CSCC[C@@H](NC(=O)C(N)Cc1ccc(O)cc1)C(=O)NCC(=O)N[C@@H](Cc1ccccc1)C(=O)N1CCC[C@H]1C(N)=O. The summed E-state index contributed by atoms with van der Waals surface area (Å²) in [4.78, 5) is 65.5. The number of carbonyl (C=O) groups excluding carboxylic acids is 5. The Kier molecular flexibility index (Phi) is 12.8. The number of thioether (sulfide) groups is 1. The average molecular weight is 613 g/mol. The molecule has 13 heteroatoms. The summed E-state index contributed by atoms with van der Waals surface area (Å²) in [6.07, 6.45) is 3.66. The fraction of sp³-hybridized carbons (Fsp3) is 0.433. The molecule has 232 valence electrons. The minimum absolute atomic E-state index is 0.0984. The molecule has 2 aromatic carbocycles. The number of phenolic OH excluding ortho intramolecular Hbond substituents is 1. The number of nitrogens with one attached hydrogen (secondary N) is 3. The smallest absolute Gasteiger partial charge is 0.246 e. The molecule has 1 heterocycles. The van der Waals surface area contributed by atoms with Gasteiger partial charge in [-0.3, -0.25) is 24.0 Å². The van der Waals surface area contributed by atoms with Crippen molar-refractivity contribution in [1.29, 1.82) is 0 Å². The van der Waals surface area contributed by atoms with Crippen LogP contribution >= 0.6 is 11.8 Å². The molecule has 0 saturated carbocycles. The Labute approximate surface area is 255 Å². The number of hydrogen-bond donors (Lipinski definition) is 6. The van der Waals surface area contributed by atoms with Crippen LogP contribution in [0, 0.1) is 0 Å². The van der Waals surface area contributed by atoms with Gasteiger partial charge in [0, 0.05) is 13.0 Å². The molecule has 0 aromatic heterocycles. The normalized spacial score (nSPS) is 16.5. The van der Waals surface area contributed by atoms with Crippen LogP contribution in [0.5, 0.6) is 5.75 Å². The zero-order valence-electron chi connectivity index (χ0n) is 24.2. The highest BCUT2D eigenvalue weighted by atomic mass is 32.2. The standard InChI is InChI=1S/C30H40N6O6S/c1-43-15-13-23(35-28(40)22(31)16-20-9-11-21(37)12-10-20)29(41)33-18-26(38)34-24(17-19-6-3-2-4-7-19)30(42)36-14-5-8-25(36)27(32)39/h2-4,6-7,9-12,22-25,37H,5,8,13-18,31H2,1H3,(H2,32,39)(H,33,41)(H,34,38)(H,35,40)/t22?,23-,24+,25+/m1/s1. The van der Waals surface area contributed by atoms with Crippen LogP contribution in [0.15, 0.2) is 54.6 Å². The van der Waals surface area contributed by atoms with Gasteiger partial charge in [0.05, 0.1) is 12.6 Å². The lowest BCUT2D eigenvalue weighted by molar-refractivity contribution is -0.140. The van der Waals surface area contributed by atoms with E-state index >= 15 is 0 Å². The van der Waals surface area contributed by atoms with Gasteiger partial charge < -0.3 is 37.4 Å². The van der Waals surface area contributed by atoms with E-state index in [9.17, 15) is 29.1 Å². The Bertz CT molecular complexity index is 1260. The fourth-order valence-electron chi connectivity index (χ4n) is 4.87. The summed E-state index contributed by atoms with van der Waals surface area (Å²) in [5.74, 6) is -2.03. The van der Waals surface area contributed by atoms with Gasteiger partial charge in [-0.1, -0.05) is 42.5 Å². The largest absolute Gasteiger partial charge is 0.508 e. The minimum atomic E-state index is -0.975. The van der Waals surface area contributed by atoms with E-state index < -0.39 is 60.2 Å². The summed E-state index contributed by atoms with van der Waals surface area (Å²) < 4.78 is 0. The van der Waals surface area contributed by atoms with Gasteiger partial charge in [0.15, 0.2) is 0 Å². The molecule has 1 aliphatic rings. The van der Waals surface area contributed by atoms with Crippen molar-refractivity contribution in [3.8, 4) is 5.75 Å². The van der Waals surface area contributed by atoms with Crippen LogP contribution in [0.1, 0.15) is 30.4 Å². The predicted molar refractivity (Wildman–Crippen MR) is 164 cm³/mol. The number of nitrogens with two attached hydrogens (primary N) is 2. The minimum Gasteiger partial charge on any atom is -0.508 e. The van der Waals surface area contributed by atoms with Crippen LogP contribution < -0.4 is 27.4 Å². The zero-order chi connectivity index (χ0) is 31.4. The lowest BCUT2D eigenvalue weighted by Crippen LogP contribution is -2.56. The summed E-state index contributed by atoms with van der Waals surface area (Å²) in [5.41, 5.74) is 13.1. The van der Waals surface area contributed by atoms with Crippen molar-refractivity contribution in [3.63, 3.8) is 0 Å². The second-order valence-electron chi connectivity index (χ2n) is 10.4. The number of amides is 5. The van der Waals surface area contributed by atoms with Crippen molar-refractivity contribution < 1.29 is 29.1 Å². The highest BCUT2D eigenvalue weighted by Gasteiger charge is 2.36. The molecule has 1 fully saturated rings. The molecule has 0 radical (unpaired) electrons. The van der Waals surface area contributed by atoms with E-state index in [0.717, 1.165) is 11.1 Å². The molecule has 1 saturated heterocycles. The van der Waals surface area contributed by atoms with Gasteiger partial charge >= 0.3 is 0 Å². The molecule has 0 spiro atoms. The molecule has 8 N–H and O–H groups in total. The maximum Gasteiger partial charge on any atom is 0.246 e. The molecule has 2 aromatic rings. The molecule has 1 unspecified atom stereocenters. The Morgan fingerprint density at radius 1 is 0.953 bits per heavy atom. The van der Waals surface area contributed by atoms with E-state index in [1.54, 1.807) is 12.1 Å². The van der Waals surface area contributed by atoms with Crippen LogP contribution in [-0.2, 0) is 36.8 Å². The van der Waals surface area contributed by atoms with E-state index in [2.05, 4.69) is 16.0 Å². The number of carbonyl (C=O) groups is 5. The average Bonchev–Trinajstić information content (AvgIpc) is 3.49. The Morgan fingerprint density at radius 3 is 2.28 bits per heavy atom. The molecule has 12 nitrogen and oxygen atoms in total. The number of rotatable bonds is 15. The lowest BCUT2D eigenvalue weighted by Gasteiger charge is -2.28. The Morgan fingerprint density at radius 2 is 1.63 bits per heavy atom. The molecule has 4 atom stereocenters. The van der Waals surface area contributed by atoms with Gasteiger partial charge in [-0.2, -0.15) is 11.8 Å². The van der Waals surface area contributed by atoms with Gasteiger partial charge in [-0.05, 0) is 61.0 Å². The Balaban J connectivity index is 1.61. The van der Waals surface area contributed by atoms with Gasteiger partial charge in [0.2, 0.25) is 29.5 Å². The summed E-state index contributed by atoms with van der Waals surface area (Å²) in [6.45, 7) is -0.0715. The lowest BCUT2D eigenvalue weighted by atomic mass is 10.0. The first-order valence-corrected chi connectivity index (χ1v) is 15.5. The van der Waals surface area contributed by atoms with Crippen molar-refractivity contribution in [2.24, 2.45) is 11.5 Å². The summed E-state index contributed by atoms with van der Waals surface area (Å²) in [7, 11) is 0. The number of phenols is 1. The number of aromatic hydroxyl groups is 1. The van der Waals surface area contributed by atoms with Crippen LogP contribution in [0.3, 0.4) is 0 Å². The van der Waals surface area contributed by atoms with Gasteiger partial charge in [0.1, 0.15) is 23.9 Å². The zero-order valence-corrected chi connectivity index (χ0v) is 25.0. The third-order valence-electron chi connectivity index (χ3n) is 7.18. The first-order valence-electron chi connectivity index (χ1n) is 14.1. The molecule has 0 aliphatic carbocycles. The van der Waals surface area contributed by atoms with E-state index in [-0.39, 0.29) is 18.6 Å². The van der Waals surface area contributed by atoms with E-state index in [1.807, 2.05) is 36.6 Å². The Hall–Kier alpha value is -4.10. The molecule has 0 bridgehead atoms. The monoisotopic (exact) mass is 612 g/mol. The van der Waals surface area contributed by atoms with Gasteiger partial charge in [0.25, 0.3) is 0 Å². The first kappa shape index (κ1) is 33.4. The third kappa shape index (κ3) is 10.3. The van der Waals surface area contributed by atoms with Crippen molar-refractivity contribution in [2.45, 2.75) is 56.3 Å². The number of hydrogen-bond acceptors (Lipinski definition) is 8. The fourth-order valence-corrected chi connectivity index (χ4v) is 5.35. The predicted octanol–water partition coefficient (Wildman–Crippen LogP) is -0.180. The van der Waals surface area contributed by atoms with E-state index in [4.69, 9.17) is 11.5 Å². The van der Waals surface area contributed by atoms with Crippen LogP contribution in [0.25, 0.3) is 0 Å². The van der Waals surface area contributed by atoms with Crippen LogP contribution in [0.2, 0.25) is 0 Å². The topological polar surface area (TPSA) is 197 Å². The molecular weight excluding hydrogens is 572 g/mol. The van der Waals surface area contributed by atoms with Crippen molar-refractivity contribution in [1.82, 2.24) is 20.9 Å². The highest BCUT2D eigenvalue weighted by Crippen LogP contribution is 2.19. The molecule has 43 heavy (non-hydrogen) atoms. The molecule has 5 amide bonds. The quantitative estimate of drug-likeness (QED) is 0.159. The van der Waals surface area contributed by atoms with Crippen molar-refractivity contribution in [2.75, 3.05) is 25.1 Å². The highest BCUT2D eigenvalue weighted by molar-refractivity contribution is 7.98. The van der Waals surface area contributed by atoms with Crippen LogP contribution in [0.4, 0.5) is 0 Å². The second-order valence-corrected chi connectivity index (χ2v) is 11.4. The molecule has 1 aliphatic heterocycles. The summed E-state index contributed by atoms with van der Waals surface area (Å²) >= 11 is 1.50. The molecular formula is C30H40N6O6S. The van der Waals surface area contributed by atoms with Gasteiger partial charge in [-0.25, -0.2) is 0 Å². The van der Waals surface area contributed by atoms with Gasteiger partial charge in [-0.15, -0.1) is 0 Å². The third-order valence-corrected chi connectivity index (χ3v) is 7.82. The van der Waals surface area contributed by atoms with Crippen molar-refractivity contribution in [3.05, 3.63) is 65.7 Å². The number of nitrogens with zero attached hydrogens (tertiary/aromatic N) is 1. The first-order chi connectivity index (χ1) is 20.6.